The summed E-state index contributed by atoms with van der Waals surface area (Å²) in [7, 11) is -2.99. The van der Waals surface area contributed by atoms with E-state index in [-0.39, 0.29) is 23.5 Å². The first-order chi connectivity index (χ1) is 9.41. The summed E-state index contributed by atoms with van der Waals surface area (Å²) in [6, 6.07) is 7.36. The van der Waals surface area contributed by atoms with Crippen molar-refractivity contribution in [2.24, 2.45) is 5.73 Å². The zero-order chi connectivity index (χ0) is 14.8. The van der Waals surface area contributed by atoms with Gasteiger partial charge < -0.3 is 10.6 Å². The molecule has 0 saturated carbocycles. The summed E-state index contributed by atoms with van der Waals surface area (Å²) < 4.78 is 23.0. The highest BCUT2D eigenvalue weighted by molar-refractivity contribution is 7.91. The van der Waals surface area contributed by atoms with Crippen molar-refractivity contribution in [3.63, 3.8) is 0 Å². The molecule has 1 aromatic rings. The van der Waals surface area contributed by atoms with Gasteiger partial charge in [0.1, 0.15) is 0 Å². The Morgan fingerprint density at radius 1 is 1.30 bits per heavy atom. The molecular formula is C14H20N2O3S. The SMILES string of the molecule is CC1CS(=O)(=O)CCN1C(=O)Cc1ccc(CN)cc1. The summed E-state index contributed by atoms with van der Waals surface area (Å²) in [5.41, 5.74) is 7.48. The zero-order valence-corrected chi connectivity index (χ0v) is 12.4. The molecule has 1 saturated heterocycles. The maximum absolute atomic E-state index is 12.2. The molecule has 110 valence electrons. The number of nitrogens with two attached hydrogens (primary N) is 1. The number of amides is 1. The van der Waals surface area contributed by atoms with E-state index in [4.69, 9.17) is 5.73 Å². The molecule has 1 aliphatic heterocycles. The van der Waals surface area contributed by atoms with E-state index >= 15 is 0 Å². The Bertz CT molecular complexity index is 581. The molecule has 1 fully saturated rings. The quantitative estimate of drug-likeness (QED) is 0.872. The average Bonchev–Trinajstić information content (AvgIpc) is 2.38. The van der Waals surface area contributed by atoms with Gasteiger partial charge in [0.25, 0.3) is 0 Å². The first kappa shape index (κ1) is 15.0. The van der Waals surface area contributed by atoms with Crippen molar-refractivity contribution in [1.82, 2.24) is 4.90 Å². The van der Waals surface area contributed by atoms with Gasteiger partial charge in [-0.1, -0.05) is 24.3 Å². The Hall–Kier alpha value is -1.40. The lowest BCUT2D eigenvalue weighted by atomic mass is 10.1. The van der Waals surface area contributed by atoms with Gasteiger partial charge in [-0.3, -0.25) is 4.79 Å². The minimum atomic E-state index is -2.99. The van der Waals surface area contributed by atoms with Gasteiger partial charge in [-0.15, -0.1) is 0 Å². The monoisotopic (exact) mass is 296 g/mol. The Morgan fingerprint density at radius 2 is 1.90 bits per heavy atom. The maximum Gasteiger partial charge on any atom is 0.227 e. The number of carbonyl (C=O) groups excluding carboxylic acids is 1. The zero-order valence-electron chi connectivity index (χ0n) is 11.6. The standard InChI is InChI=1S/C14H20N2O3S/c1-11-10-20(18,19)7-6-16(11)14(17)8-12-2-4-13(9-15)5-3-12/h2-5,11H,6-10,15H2,1H3. The number of rotatable bonds is 3. The van der Waals surface area contributed by atoms with E-state index in [0.717, 1.165) is 11.1 Å². The number of hydrogen-bond donors (Lipinski definition) is 1. The lowest BCUT2D eigenvalue weighted by molar-refractivity contribution is -0.131. The number of hydrogen-bond acceptors (Lipinski definition) is 4. The molecule has 5 nitrogen and oxygen atoms in total. The second kappa shape index (κ2) is 5.93. The van der Waals surface area contributed by atoms with Crippen molar-refractivity contribution in [2.75, 3.05) is 18.1 Å². The third kappa shape index (κ3) is 3.58. The van der Waals surface area contributed by atoms with Gasteiger partial charge in [0.2, 0.25) is 5.91 Å². The van der Waals surface area contributed by atoms with Crippen LogP contribution in [0, 0.1) is 0 Å². The smallest absolute Gasteiger partial charge is 0.227 e. The summed E-state index contributed by atoms with van der Waals surface area (Å²) >= 11 is 0. The molecule has 2 rings (SSSR count). The summed E-state index contributed by atoms with van der Waals surface area (Å²) in [4.78, 5) is 13.9. The molecule has 1 unspecified atom stereocenters. The van der Waals surface area contributed by atoms with Gasteiger partial charge in [-0.25, -0.2) is 8.42 Å². The average molecular weight is 296 g/mol. The van der Waals surface area contributed by atoms with Crippen LogP contribution >= 0.6 is 0 Å². The van der Waals surface area contributed by atoms with Crippen LogP contribution in [0.1, 0.15) is 18.1 Å². The number of sulfone groups is 1. The molecule has 1 heterocycles. The summed E-state index contributed by atoms with van der Waals surface area (Å²) in [6.45, 7) is 2.56. The molecule has 1 atom stereocenters. The largest absolute Gasteiger partial charge is 0.338 e. The van der Waals surface area contributed by atoms with Crippen LogP contribution in [-0.2, 0) is 27.6 Å². The van der Waals surface area contributed by atoms with E-state index in [1.54, 1.807) is 11.8 Å². The van der Waals surface area contributed by atoms with Crippen LogP contribution in [-0.4, -0.2) is 43.3 Å². The molecule has 1 aliphatic rings. The first-order valence-corrected chi connectivity index (χ1v) is 8.51. The Labute approximate surface area is 119 Å². The van der Waals surface area contributed by atoms with Crippen molar-refractivity contribution in [1.29, 1.82) is 0 Å². The molecule has 1 amide bonds. The maximum atomic E-state index is 12.2. The predicted octanol–water partition coefficient (Wildman–Crippen LogP) is 0.333. The van der Waals surface area contributed by atoms with Gasteiger partial charge in [-0.2, -0.15) is 0 Å². The predicted molar refractivity (Wildman–Crippen MR) is 77.9 cm³/mol. The van der Waals surface area contributed by atoms with Crippen LogP contribution in [0.25, 0.3) is 0 Å². The Kier molecular flexibility index (Phi) is 4.45. The van der Waals surface area contributed by atoms with Crippen molar-refractivity contribution in [2.45, 2.75) is 25.9 Å². The Morgan fingerprint density at radius 3 is 2.45 bits per heavy atom. The lowest BCUT2D eigenvalue weighted by Crippen LogP contribution is -2.50. The molecule has 0 radical (unpaired) electrons. The van der Waals surface area contributed by atoms with Crippen LogP contribution < -0.4 is 5.73 Å². The van der Waals surface area contributed by atoms with Gasteiger partial charge in [0, 0.05) is 19.1 Å². The van der Waals surface area contributed by atoms with E-state index in [9.17, 15) is 13.2 Å². The molecule has 0 bridgehead atoms. The molecule has 20 heavy (non-hydrogen) atoms. The van der Waals surface area contributed by atoms with Crippen LogP contribution in [0.5, 0.6) is 0 Å². The van der Waals surface area contributed by atoms with Gasteiger partial charge in [0.15, 0.2) is 9.84 Å². The van der Waals surface area contributed by atoms with Crippen LogP contribution in [0.4, 0.5) is 0 Å². The van der Waals surface area contributed by atoms with Crippen molar-refractivity contribution < 1.29 is 13.2 Å². The van der Waals surface area contributed by atoms with Gasteiger partial charge >= 0.3 is 0 Å². The molecular weight excluding hydrogens is 276 g/mol. The number of nitrogens with zero attached hydrogens (tertiary/aromatic N) is 1. The van der Waals surface area contributed by atoms with E-state index in [1.165, 1.54) is 0 Å². The van der Waals surface area contributed by atoms with E-state index < -0.39 is 9.84 Å². The van der Waals surface area contributed by atoms with Crippen LogP contribution in [0.15, 0.2) is 24.3 Å². The fourth-order valence-electron chi connectivity index (χ4n) is 2.44. The first-order valence-electron chi connectivity index (χ1n) is 6.69. The highest BCUT2D eigenvalue weighted by Gasteiger charge is 2.30. The lowest BCUT2D eigenvalue weighted by Gasteiger charge is -2.33. The van der Waals surface area contributed by atoms with E-state index in [1.807, 2.05) is 24.3 Å². The fourth-order valence-corrected chi connectivity index (χ4v) is 3.99. The number of carbonyl (C=O) groups is 1. The normalized spacial score (nSPS) is 21.7. The molecule has 1 aromatic carbocycles. The number of benzene rings is 1. The molecule has 0 aliphatic carbocycles. The van der Waals surface area contributed by atoms with Gasteiger partial charge in [0.05, 0.1) is 17.9 Å². The molecule has 6 heteroatoms. The molecule has 0 aromatic heterocycles. The molecule has 0 spiro atoms. The Balaban J connectivity index is 2.01. The summed E-state index contributed by atoms with van der Waals surface area (Å²) in [5.74, 6) is 0.105. The van der Waals surface area contributed by atoms with Crippen LogP contribution in [0.3, 0.4) is 0 Å². The van der Waals surface area contributed by atoms with E-state index in [0.29, 0.717) is 19.5 Å². The minimum Gasteiger partial charge on any atom is -0.338 e. The minimum absolute atomic E-state index is 0.0205. The topological polar surface area (TPSA) is 80.5 Å². The summed E-state index contributed by atoms with van der Waals surface area (Å²) in [6.07, 6.45) is 0.301. The van der Waals surface area contributed by atoms with Crippen molar-refractivity contribution >= 4 is 15.7 Å². The van der Waals surface area contributed by atoms with Crippen molar-refractivity contribution in [3.8, 4) is 0 Å². The van der Waals surface area contributed by atoms with Gasteiger partial charge in [-0.05, 0) is 18.1 Å². The highest BCUT2D eigenvalue weighted by atomic mass is 32.2. The van der Waals surface area contributed by atoms with Crippen LogP contribution in [0.2, 0.25) is 0 Å². The van der Waals surface area contributed by atoms with E-state index in [2.05, 4.69) is 0 Å². The van der Waals surface area contributed by atoms with Crippen molar-refractivity contribution in [3.05, 3.63) is 35.4 Å². The highest BCUT2D eigenvalue weighted by Crippen LogP contribution is 2.14. The third-order valence-corrected chi connectivity index (χ3v) is 5.40. The molecule has 2 N–H and O–H groups in total. The summed E-state index contributed by atoms with van der Waals surface area (Å²) in [5, 5.41) is 0. The second-order valence-corrected chi connectivity index (χ2v) is 7.48. The fraction of sp³-hybridized carbons (Fsp3) is 0.500. The third-order valence-electron chi connectivity index (χ3n) is 3.60. The second-order valence-electron chi connectivity index (χ2n) is 5.25.